The predicted molar refractivity (Wildman–Crippen MR) is 110 cm³/mol. The number of nitrogens with zero attached hydrogens (tertiary/aromatic N) is 1. The van der Waals surface area contributed by atoms with E-state index in [4.69, 9.17) is 0 Å². The van der Waals surface area contributed by atoms with Gasteiger partial charge in [-0.05, 0) is 19.8 Å². The zero-order chi connectivity index (χ0) is 18.6. The van der Waals surface area contributed by atoms with Crippen LogP contribution in [0.3, 0.4) is 0 Å². The zero-order valence-corrected chi connectivity index (χ0v) is 17.5. The summed E-state index contributed by atoms with van der Waals surface area (Å²) in [7, 11) is 0. The van der Waals surface area contributed by atoms with Crippen molar-refractivity contribution in [1.29, 1.82) is 0 Å². The summed E-state index contributed by atoms with van der Waals surface area (Å²) in [4.78, 5) is 0. The number of likely N-dealkylation sites (N-methyl/N-ethyl adjacent to an activating group) is 1. The van der Waals surface area contributed by atoms with Crippen molar-refractivity contribution in [2.24, 2.45) is 0 Å². The fourth-order valence-electron chi connectivity index (χ4n) is 3.88. The minimum absolute atomic E-state index is 0.229. The monoisotopic (exact) mass is 358 g/mol. The van der Waals surface area contributed by atoms with Crippen molar-refractivity contribution >= 4 is 0 Å². The molecular weight excluding hydrogens is 310 g/mol. The average molecular weight is 359 g/mol. The lowest BCUT2D eigenvalue weighted by Crippen LogP contribution is -2.52. The summed E-state index contributed by atoms with van der Waals surface area (Å²) in [6.45, 7) is 8.61. The van der Waals surface area contributed by atoms with Crippen molar-refractivity contribution in [1.82, 2.24) is 0 Å². The van der Waals surface area contributed by atoms with Crippen LogP contribution in [0.5, 0.6) is 0 Å². The lowest BCUT2D eigenvalue weighted by Gasteiger charge is -2.37. The van der Waals surface area contributed by atoms with Crippen LogP contribution in [0.4, 0.5) is 0 Å². The molecule has 0 spiro atoms. The van der Waals surface area contributed by atoms with Crippen LogP contribution in [0, 0.1) is 0 Å². The molecule has 0 radical (unpaired) electrons. The third-order valence-corrected chi connectivity index (χ3v) is 5.81. The summed E-state index contributed by atoms with van der Waals surface area (Å²) in [5.74, 6) is 0. The molecule has 0 aromatic carbocycles. The van der Waals surface area contributed by atoms with Crippen LogP contribution in [-0.2, 0) is 0 Å². The van der Waals surface area contributed by atoms with Crippen LogP contribution in [0.2, 0.25) is 0 Å². The second-order valence-electron chi connectivity index (χ2n) is 7.87. The summed E-state index contributed by atoms with van der Waals surface area (Å²) in [6.07, 6.45) is 19.5. The molecule has 3 heteroatoms. The van der Waals surface area contributed by atoms with Crippen molar-refractivity contribution in [3.63, 3.8) is 0 Å². The number of hydrogen-bond acceptors (Lipinski definition) is 2. The van der Waals surface area contributed by atoms with E-state index in [0.29, 0.717) is 0 Å². The van der Waals surface area contributed by atoms with Gasteiger partial charge in [0, 0.05) is 0 Å². The largest absolute Gasteiger partial charge is 0.391 e. The van der Waals surface area contributed by atoms with Gasteiger partial charge in [-0.3, -0.25) is 0 Å². The fourth-order valence-corrected chi connectivity index (χ4v) is 3.88. The van der Waals surface area contributed by atoms with E-state index < -0.39 is 0 Å². The van der Waals surface area contributed by atoms with Gasteiger partial charge in [-0.2, -0.15) is 0 Å². The van der Waals surface area contributed by atoms with Gasteiger partial charge in [-0.15, -0.1) is 0 Å². The lowest BCUT2D eigenvalue weighted by atomic mass is 10.0. The summed E-state index contributed by atoms with van der Waals surface area (Å²) < 4.78 is 0.880. The summed E-state index contributed by atoms with van der Waals surface area (Å²) in [5, 5.41) is 18.6. The standard InChI is InChI=1S/C22H48NO2/c1-3-5-6-7-8-9-10-11-12-13-14-15-16-17-18-23(4-2,19-21-24)20-22-25/h24-25H,3-22H2,1-2H3/q+1. The fraction of sp³-hybridized carbons (Fsp3) is 1.00. The molecule has 3 nitrogen and oxygen atoms in total. The molecule has 0 heterocycles. The van der Waals surface area contributed by atoms with Gasteiger partial charge in [0.05, 0.1) is 26.3 Å². The molecule has 0 saturated carbocycles. The molecule has 0 aliphatic heterocycles. The second-order valence-corrected chi connectivity index (χ2v) is 7.87. The zero-order valence-electron chi connectivity index (χ0n) is 17.5. The Hall–Kier alpha value is -0.120. The summed E-state index contributed by atoms with van der Waals surface area (Å²) in [5.41, 5.74) is 0. The SMILES string of the molecule is CCCCCCCCCCCCCCCC[N+](CC)(CCO)CCO. The molecule has 152 valence electrons. The van der Waals surface area contributed by atoms with Crippen LogP contribution in [0.25, 0.3) is 0 Å². The molecule has 0 aliphatic rings. The number of rotatable bonds is 20. The van der Waals surface area contributed by atoms with E-state index >= 15 is 0 Å². The molecule has 0 aromatic rings. The third kappa shape index (κ3) is 14.7. The van der Waals surface area contributed by atoms with Crippen molar-refractivity contribution in [2.45, 2.75) is 104 Å². The minimum atomic E-state index is 0.229. The Balaban J connectivity index is 3.42. The van der Waals surface area contributed by atoms with Gasteiger partial charge >= 0.3 is 0 Å². The number of aliphatic hydroxyl groups is 2. The normalized spacial score (nSPS) is 12.0. The third-order valence-electron chi connectivity index (χ3n) is 5.81. The topological polar surface area (TPSA) is 40.5 Å². The van der Waals surface area contributed by atoms with Gasteiger partial charge < -0.3 is 14.7 Å². The molecule has 0 unspecified atom stereocenters. The Bertz CT molecular complexity index is 252. The van der Waals surface area contributed by atoms with Gasteiger partial charge in [-0.1, -0.05) is 84.0 Å². The van der Waals surface area contributed by atoms with Crippen LogP contribution >= 0.6 is 0 Å². The van der Waals surface area contributed by atoms with Crippen molar-refractivity contribution in [3.8, 4) is 0 Å². The van der Waals surface area contributed by atoms with E-state index in [1.165, 1.54) is 89.9 Å². The van der Waals surface area contributed by atoms with E-state index in [1.54, 1.807) is 0 Å². The average Bonchev–Trinajstić information content (AvgIpc) is 2.62. The predicted octanol–water partition coefficient (Wildman–Crippen LogP) is 5.29. The van der Waals surface area contributed by atoms with Crippen molar-refractivity contribution < 1.29 is 14.7 Å². The Morgan fingerprint density at radius 1 is 0.480 bits per heavy atom. The molecule has 0 rings (SSSR count). The lowest BCUT2D eigenvalue weighted by molar-refractivity contribution is -0.927. The first-order valence-corrected chi connectivity index (χ1v) is 11.3. The molecule has 0 aromatic heterocycles. The molecule has 2 N–H and O–H groups in total. The van der Waals surface area contributed by atoms with Gasteiger partial charge in [0.2, 0.25) is 0 Å². The molecule has 25 heavy (non-hydrogen) atoms. The maximum Gasteiger partial charge on any atom is 0.102 e. The Morgan fingerprint density at radius 2 is 0.840 bits per heavy atom. The van der Waals surface area contributed by atoms with Gasteiger partial charge in [-0.25, -0.2) is 0 Å². The van der Waals surface area contributed by atoms with Crippen molar-refractivity contribution in [3.05, 3.63) is 0 Å². The minimum Gasteiger partial charge on any atom is -0.391 e. The highest BCUT2D eigenvalue weighted by Crippen LogP contribution is 2.14. The quantitative estimate of drug-likeness (QED) is 0.229. The molecule has 0 bridgehead atoms. The molecular formula is C22H48NO2+. The molecule has 0 atom stereocenters. The molecule has 0 aliphatic carbocycles. The first kappa shape index (κ1) is 24.9. The Morgan fingerprint density at radius 3 is 1.16 bits per heavy atom. The van der Waals surface area contributed by atoms with E-state index in [-0.39, 0.29) is 13.2 Å². The first-order valence-electron chi connectivity index (χ1n) is 11.3. The van der Waals surface area contributed by atoms with E-state index in [0.717, 1.165) is 30.7 Å². The van der Waals surface area contributed by atoms with Crippen LogP contribution in [-0.4, -0.2) is 54.1 Å². The van der Waals surface area contributed by atoms with Crippen molar-refractivity contribution in [2.75, 3.05) is 39.4 Å². The maximum absolute atomic E-state index is 9.28. The maximum atomic E-state index is 9.28. The Labute approximate surface area is 158 Å². The molecule has 0 saturated heterocycles. The highest BCUT2D eigenvalue weighted by atomic mass is 16.3. The van der Waals surface area contributed by atoms with Crippen LogP contribution < -0.4 is 0 Å². The van der Waals surface area contributed by atoms with Gasteiger partial charge in [0.25, 0.3) is 0 Å². The second kappa shape index (κ2) is 18.7. The molecule has 0 fully saturated rings. The number of aliphatic hydroxyl groups excluding tert-OH is 2. The highest BCUT2D eigenvalue weighted by Gasteiger charge is 2.23. The van der Waals surface area contributed by atoms with Gasteiger partial charge in [0.15, 0.2) is 0 Å². The summed E-state index contributed by atoms with van der Waals surface area (Å²) in [6, 6.07) is 0. The number of hydrogen-bond donors (Lipinski definition) is 2. The van der Waals surface area contributed by atoms with Gasteiger partial charge in [0.1, 0.15) is 13.1 Å². The van der Waals surface area contributed by atoms with E-state index in [1.807, 2.05) is 0 Å². The van der Waals surface area contributed by atoms with Crippen LogP contribution in [0.1, 0.15) is 104 Å². The molecule has 0 amide bonds. The smallest absolute Gasteiger partial charge is 0.102 e. The number of quaternary nitrogens is 1. The van der Waals surface area contributed by atoms with E-state index in [2.05, 4.69) is 13.8 Å². The van der Waals surface area contributed by atoms with Crippen LogP contribution in [0.15, 0.2) is 0 Å². The highest BCUT2D eigenvalue weighted by molar-refractivity contribution is 4.50. The Kier molecular flexibility index (Phi) is 18.6. The number of unbranched alkanes of at least 4 members (excludes halogenated alkanes) is 13. The van der Waals surface area contributed by atoms with E-state index in [9.17, 15) is 10.2 Å². The first-order chi connectivity index (χ1) is 12.2. The summed E-state index contributed by atoms with van der Waals surface area (Å²) >= 11 is 0.